The van der Waals surface area contributed by atoms with Crippen LogP contribution < -0.4 is 5.32 Å². The first-order chi connectivity index (χ1) is 13.2. The van der Waals surface area contributed by atoms with Crippen LogP contribution in [-0.2, 0) is 17.8 Å². The Morgan fingerprint density at radius 2 is 2.04 bits per heavy atom. The summed E-state index contributed by atoms with van der Waals surface area (Å²) in [6.07, 6.45) is 3.24. The minimum absolute atomic E-state index is 0.00603. The molecule has 0 spiro atoms. The van der Waals surface area contributed by atoms with Gasteiger partial charge in [0, 0.05) is 12.5 Å². The van der Waals surface area contributed by atoms with Crippen molar-refractivity contribution in [1.82, 2.24) is 20.1 Å². The molecule has 7 heteroatoms. The highest BCUT2D eigenvalue weighted by molar-refractivity contribution is 7.99. The van der Waals surface area contributed by atoms with Gasteiger partial charge in [0.2, 0.25) is 5.91 Å². The fraction of sp³-hybridized carbons (Fsp3) is 0.350. The second kappa shape index (κ2) is 9.41. The lowest BCUT2D eigenvalue weighted by atomic mass is 10.1. The highest BCUT2D eigenvalue weighted by atomic mass is 32.2. The number of hydrogen-bond donors (Lipinski definition) is 1. The summed E-state index contributed by atoms with van der Waals surface area (Å²) in [6.45, 7) is 4.59. The van der Waals surface area contributed by atoms with E-state index in [-0.39, 0.29) is 11.9 Å². The second-order valence-electron chi connectivity index (χ2n) is 6.39. The Morgan fingerprint density at radius 1 is 1.22 bits per heavy atom. The number of rotatable bonds is 9. The van der Waals surface area contributed by atoms with Crippen molar-refractivity contribution >= 4 is 17.7 Å². The topological polar surface area (TPSA) is 73.0 Å². The van der Waals surface area contributed by atoms with Gasteiger partial charge in [0.15, 0.2) is 5.16 Å². The molecule has 3 aromatic rings. The van der Waals surface area contributed by atoms with Gasteiger partial charge in [-0.15, -0.1) is 10.2 Å². The van der Waals surface area contributed by atoms with Gasteiger partial charge in [-0.05, 0) is 31.0 Å². The number of carbonyl (C=O) groups is 1. The molecule has 0 aliphatic rings. The molecular weight excluding hydrogens is 360 g/mol. The number of nitrogens with zero attached hydrogens (tertiary/aromatic N) is 3. The molecule has 3 rings (SSSR count). The lowest BCUT2D eigenvalue weighted by Gasteiger charge is -2.11. The van der Waals surface area contributed by atoms with Crippen LogP contribution in [-0.4, -0.2) is 32.5 Å². The maximum absolute atomic E-state index is 12.1. The van der Waals surface area contributed by atoms with Crippen molar-refractivity contribution in [3.63, 3.8) is 0 Å². The Balaban J connectivity index is 1.75. The minimum Gasteiger partial charge on any atom is -0.467 e. The third-order valence-electron chi connectivity index (χ3n) is 4.24. The maximum Gasteiger partial charge on any atom is 0.230 e. The summed E-state index contributed by atoms with van der Waals surface area (Å²) in [4.78, 5) is 12.1. The highest BCUT2D eigenvalue weighted by Gasteiger charge is 2.16. The number of amides is 1. The minimum atomic E-state index is 0.00603. The predicted molar refractivity (Wildman–Crippen MR) is 106 cm³/mol. The van der Waals surface area contributed by atoms with Gasteiger partial charge < -0.3 is 9.73 Å². The molecule has 0 unspecified atom stereocenters. The number of hydrogen-bond acceptors (Lipinski definition) is 5. The third kappa shape index (κ3) is 5.47. The Kier molecular flexibility index (Phi) is 6.70. The molecule has 1 atom stereocenters. The number of nitrogens with one attached hydrogen (secondary N) is 1. The lowest BCUT2D eigenvalue weighted by Crippen LogP contribution is -2.33. The molecule has 0 radical (unpaired) electrons. The quantitative estimate of drug-likeness (QED) is 0.572. The Labute approximate surface area is 163 Å². The molecule has 0 bridgehead atoms. The zero-order chi connectivity index (χ0) is 19.1. The first kappa shape index (κ1) is 19.2. The first-order valence-electron chi connectivity index (χ1n) is 9.06. The van der Waals surface area contributed by atoms with Gasteiger partial charge in [-0.1, -0.05) is 49.0 Å². The molecule has 27 heavy (non-hydrogen) atoms. The van der Waals surface area contributed by atoms with Crippen LogP contribution in [0.3, 0.4) is 0 Å². The molecule has 1 amide bonds. The van der Waals surface area contributed by atoms with Gasteiger partial charge in [-0.3, -0.25) is 9.36 Å². The molecule has 0 saturated heterocycles. The van der Waals surface area contributed by atoms with E-state index in [1.807, 2.05) is 48.7 Å². The van der Waals surface area contributed by atoms with E-state index in [1.54, 1.807) is 6.26 Å². The van der Waals surface area contributed by atoms with Crippen LogP contribution >= 0.6 is 11.8 Å². The van der Waals surface area contributed by atoms with E-state index in [1.165, 1.54) is 11.8 Å². The van der Waals surface area contributed by atoms with Crippen molar-refractivity contribution in [2.45, 2.75) is 44.4 Å². The average Bonchev–Trinajstić information content (AvgIpc) is 3.32. The van der Waals surface area contributed by atoms with Crippen LogP contribution in [0.25, 0.3) is 0 Å². The summed E-state index contributed by atoms with van der Waals surface area (Å²) in [7, 11) is 0. The van der Waals surface area contributed by atoms with E-state index in [0.29, 0.717) is 18.7 Å². The molecule has 1 aromatic carbocycles. The lowest BCUT2D eigenvalue weighted by molar-refractivity contribution is -0.119. The molecule has 6 nitrogen and oxygen atoms in total. The van der Waals surface area contributed by atoms with Crippen LogP contribution in [0.15, 0.2) is 58.3 Å². The molecular formula is C20H24N4O2S. The molecule has 2 aromatic heterocycles. The van der Waals surface area contributed by atoms with Crippen LogP contribution in [0.5, 0.6) is 0 Å². The monoisotopic (exact) mass is 384 g/mol. The van der Waals surface area contributed by atoms with E-state index in [4.69, 9.17) is 4.42 Å². The standard InChI is InChI=1S/C20H24N4O2S/c1-3-15(2)21-19(25)14-27-20-23-22-18(12-16-8-5-4-6-9-16)24(20)13-17-10-7-11-26-17/h4-11,15H,3,12-14H2,1-2H3,(H,21,25)/t15-/m1/s1. The Morgan fingerprint density at radius 3 is 2.74 bits per heavy atom. The van der Waals surface area contributed by atoms with E-state index in [9.17, 15) is 4.79 Å². The SMILES string of the molecule is CC[C@@H](C)NC(=O)CSc1nnc(Cc2ccccc2)n1Cc1ccco1. The van der Waals surface area contributed by atoms with Crippen LogP contribution in [0, 0.1) is 0 Å². The summed E-state index contributed by atoms with van der Waals surface area (Å²) < 4.78 is 7.52. The Hall–Kier alpha value is -2.54. The van der Waals surface area contributed by atoms with Crippen LogP contribution in [0.1, 0.15) is 37.4 Å². The molecule has 0 saturated carbocycles. The smallest absolute Gasteiger partial charge is 0.230 e. The number of carbonyl (C=O) groups excluding carboxylic acids is 1. The van der Waals surface area contributed by atoms with Gasteiger partial charge in [0.1, 0.15) is 11.6 Å². The zero-order valence-electron chi connectivity index (χ0n) is 15.6. The van der Waals surface area contributed by atoms with Crippen molar-refractivity contribution in [3.05, 3.63) is 65.9 Å². The fourth-order valence-corrected chi connectivity index (χ4v) is 3.37. The zero-order valence-corrected chi connectivity index (χ0v) is 16.4. The summed E-state index contributed by atoms with van der Waals surface area (Å²) in [5.41, 5.74) is 1.16. The summed E-state index contributed by atoms with van der Waals surface area (Å²) in [5.74, 6) is 2.00. The first-order valence-corrected chi connectivity index (χ1v) is 10.0. The molecule has 2 heterocycles. The van der Waals surface area contributed by atoms with Gasteiger partial charge in [0.25, 0.3) is 0 Å². The van der Waals surface area contributed by atoms with E-state index in [2.05, 4.69) is 27.6 Å². The fourth-order valence-electron chi connectivity index (χ4n) is 2.60. The van der Waals surface area contributed by atoms with Crippen molar-refractivity contribution in [2.24, 2.45) is 0 Å². The van der Waals surface area contributed by atoms with Crippen LogP contribution in [0.2, 0.25) is 0 Å². The molecule has 0 fully saturated rings. The van der Waals surface area contributed by atoms with E-state index < -0.39 is 0 Å². The molecule has 0 aliphatic heterocycles. The summed E-state index contributed by atoms with van der Waals surface area (Å²) in [5, 5.41) is 12.4. The molecule has 142 valence electrons. The summed E-state index contributed by atoms with van der Waals surface area (Å²) >= 11 is 1.40. The van der Waals surface area contributed by atoms with Crippen LogP contribution in [0.4, 0.5) is 0 Å². The molecule has 1 N–H and O–H groups in total. The second-order valence-corrected chi connectivity index (χ2v) is 7.33. The van der Waals surface area contributed by atoms with Crippen molar-refractivity contribution in [2.75, 3.05) is 5.75 Å². The van der Waals surface area contributed by atoms with Gasteiger partial charge in [0.05, 0.1) is 18.6 Å². The third-order valence-corrected chi connectivity index (χ3v) is 5.21. The average molecular weight is 385 g/mol. The maximum atomic E-state index is 12.1. The number of benzene rings is 1. The van der Waals surface area contributed by atoms with Gasteiger partial charge >= 0.3 is 0 Å². The highest BCUT2D eigenvalue weighted by Crippen LogP contribution is 2.20. The number of aromatic nitrogens is 3. The number of furan rings is 1. The largest absolute Gasteiger partial charge is 0.467 e. The van der Waals surface area contributed by atoms with Crippen molar-refractivity contribution in [1.29, 1.82) is 0 Å². The normalized spacial score (nSPS) is 12.1. The van der Waals surface area contributed by atoms with Crippen molar-refractivity contribution in [3.8, 4) is 0 Å². The summed E-state index contributed by atoms with van der Waals surface area (Å²) in [6, 6.07) is 14.1. The van der Waals surface area contributed by atoms with Crippen molar-refractivity contribution < 1.29 is 9.21 Å². The van der Waals surface area contributed by atoms with Gasteiger partial charge in [-0.25, -0.2) is 0 Å². The molecule has 0 aliphatic carbocycles. The predicted octanol–water partition coefficient (Wildman–Crippen LogP) is 3.52. The Bertz CT molecular complexity index is 846. The van der Waals surface area contributed by atoms with E-state index in [0.717, 1.165) is 28.7 Å². The van der Waals surface area contributed by atoms with E-state index >= 15 is 0 Å². The number of thioether (sulfide) groups is 1. The van der Waals surface area contributed by atoms with Gasteiger partial charge in [-0.2, -0.15) is 0 Å².